The Kier molecular flexibility index (Phi) is 4.64. The molecule has 23 heavy (non-hydrogen) atoms. The summed E-state index contributed by atoms with van der Waals surface area (Å²) in [5, 5.41) is 3.75. The van der Waals surface area contributed by atoms with Gasteiger partial charge in [0.1, 0.15) is 10.6 Å². The maximum absolute atomic E-state index is 12.1. The van der Waals surface area contributed by atoms with Crippen molar-refractivity contribution in [2.24, 2.45) is 0 Å². The molecule has 3 rings (SSSR count). The molecule has 0 radical (unpaired) electrons. The monoisotopic (exact) mass is 349 g/mol. The molecule has 1 N–H and O–H groups in total. The zero-order valence-electron chi connectivity index (χ0n) is 11.9. The predicted octanol–water partition coefficient (Wildman–Crippen LogP) is 3.62. The summed E-state index contributed by atoms with van der Waals surface area (Å²) in [5.41, 5.74) is 0. The highest BCUT2D eigenvalue weighted by molar-refractivity contribution is 7.21. The highest BCUT2D eigenvalue weighted by atomic mass is 35.5. The smallest absolute Gasteiger partial charge is 0.350 e. The summed E-state index contributed by atoms with van der Waals surface area (Å²) in [6.07, 6.45) is 1.52. The Morgan fingerprint density at radius 1 is 1.22 bits per heavy atom. The van der Waals surface area contributed by atoms with Crippen LogP contribution in [-0.4, -0.2) is 18.5 Å². The van der Waals surface area contributed by atoms with E-state index in [2.05, 4.69) is 5.32 Å². The number of fused-ring (bicyclic) bond motifs is 1. The number of amides is 1. The lowest BCUT2D eigenvalue weighted by Gasteiger charge is -2.04. The van der Waals surface area contributed by atoms with E-state index >= 15 is 0 Å². The number of carbonyl (C=O) groups is 2. The lowest BCUT2D eigenvalue weighted by atomic mass is 10.2. The van der Waals surface area contributed by atoms with Crippen LogP contribution in [0.5, 0.6) is 0 Å². The van der Waals surface area contributed by atoms with Crippen LogP contribution >= 0.6 is 22.9 Å². The van der Waals surface area contributed by atoms with E-state index in [4.69, 9.17) is 20.8 Å². The van der Waals surface area contributed by atoms with Gasteiger partial charge < -0.3 is 14.5 Å². The van der Waals surface area contributed by atoms with Crippen molar-refractivity contribution in [2.75, 3.05) is 6.61 Å². The van der Waals surface area contributed by atoms with E-state index in [0.29, 0.717) is 15.7 Å². The maximum Gasteiger partial charge on any atom is 0.350 e. The fourth-order valence-electron chi connectivity index (χ4n) is 1.99. The first kappa shape index (κ1) is 15.6. The minimum absolute atomic E-state index is 0.243. The first-order chi connectivity index (χ1) is 11.1. The van der Waals surface area contributed by atoms with Gasteiger partial charge in [-0.1, -0.05) is 29.8 Å². The number of thiophene rings is 1. The minimum Gasteiger partial charge on any atom is -0.467 e. The fraction of sp³-hybridized carbons (Fsp3) is 0.125. The number of carbonyl (C=O) groups excluding carboxylic acids is 2. The first-order valence-electron chi connectivity index (χ1n) is 6.78. The number of esters is 1. The number of ether oxygens (including phenoxy) is 1. The van der Waals surface area contributed by atoms with Crippen LogP contribution in [0.3, 0.4) is 0 Å². The van der Waals surface area contributed by atoms with Gasteiger partial charge in [-0.05, 0) is 18.2 Å². The van der Waals surface area contributed by atoms with Gasteiger partial charge in [-0.15, -0.1) is 11.3 Å². The van der Waals surface area contributed by atoms with Crippen LogP contribution in [0.4, 0.5) is 0 Å². The fourth-order valence-corrected chi connectivity index (χ4v) is 3.39. The van der Waals surface area contributed by atoms with Gasteiger partial charge in [-0.25, -0.2) is 4.79 Å². The van der Waals surface area contributed by atoms with Crippen LogP contribution in [0.25, 0.3) is 10.1 Å². The Morgan fingerprint density at radius 2 is 2.04 bits per heavy atom. The van der Waals surface area contributed by atoms with Crippen LogP contribution in [0.1, 0.15) is 15.4 Å². The zero-order valence-corrected chi connectivity index (χ0v) is 13.4. The van der Waals surface area contributed by atoms with Crippen molar-refractivity contribution in [3.8, 4) is 0 Å². The summed E-state index contributed by atoms with van der Waals surface area (Å²) in [7, 11) is 0. The molecule has 1 aromatic carbocycles. The van der Waals surface area contributed by atoms with Crippen molar-refractivity contribution < 1.29 is 18.7 Å². The van der Waals surface area contributed by atoms with E-state index in [9.17, 15) is 9.59 Å². The minimum atomic E-state index is -0.607. The normalized spacial score (nSPS) is 10.7. The SMILES string of the molecule is O=C(COC(=O)c1sc2ccccc2c1Cl)NCc1ccco1. The highest BCUT2D eigenvalue weighted by Gasteiger charge is 2.19. The number of furan rings is 1. The number of hydrogen-bond acceptors (Lipinski definition) is 5. The molecule has 0 unspecified atom stereocenters. The summed E-state index contributed by atoms with van der Waals surface area (Å²) in [6, 6.07) is 10.9. The summed E-state index contributed by atoms with van der Waals surface area (Å²) >= 11 is 7.43. The average Bonchev–Trinajstić information content (AvgIpc) is 3.19. The third kappa shape index (κ3) is 3.55. The molecule has 3 aromatic rings. The molecule has 7 heteroatoms. The Balaban J connectivity index is 1.58. The molecule has 0 fully saturated rings. The van der Waals surface area contributed by atoms with Crippen molar-refractivity contribution in [3.63, 3.8) is 0 Å². The van der Waals surface area contributed by atoms with E-state index in [0.717, 1.165) is 10.1 Å². The molecule has 2 heterocycles. The van der Waals surface area contributed by atoms with E-state index in [1.54, 1.807) is 12.1 Å². The molecule has 0 aliphatic rings. The number of rotatable bonds is 5. The van der Waals surface area contributed by atoms with Gasteiger partial charge in [0.05, 0.1) is 17.8 Å². The molecule has 0 atom stereocenters. The van der Waals surface area contributed by atoms with E-state index in [-0.39, 0.29) is 13.2 Å². The van der Waals surface area contributed by atoms with Gasteiger partial charge in [0.2, 0.25) is 0 Å². The van der Waals surface area contributed by atoms with Crippen LogP contribution in [-0.2, 0) is 16.1 Å². The number of benzene rings is 1. The van der Waals surface area contributed by atoms with Crippen molar-refractivity contribution >= 4 is 44.9 Å². The average molecular weight is 350 g/mol. The topological polar surface area (TPSA) is 68.5 Å². The largest absolute Gasteiger partial charge is 0.467 e. The van der Waals surface area contributed by atoms with Crippen molar-refractivity contribution in [3.05, 3.63) is 58.3 Å². The Morgan fingerprint density at radius 3 is 2.78 bits per heavy atom. The zero-order chi connectivity index (χ0) is 16.2. The van der Waals surface area contributed by atoms with Crippen LogP contribution < -0.4 is 5.32 Å². The molecule has 0 saturated carbocycles. The Labute approximate surface area is 140 Å². The number of nitrogens with one attached hydrogen (secondary N) is 1. The van der Waals surface area contributed by atoms with E-state index < -0.39 is 11.9 Å². The predicted molar refractivity (Wildman–Crippen MR) is 87.7 cm³/mol. The molecular weight excluding hydrogens is 338 g/mol. The highest BCUT2D eigenvalue weighted by Crippen LogP contribution is 2.35. The number of halogens is 1. The molecule has 5 nitrogen and oxygen atoms in total. The maximum atomic E-state index is 12.1. The van der Waals surface area contributed by atoms with Gasteiger partial charge >= 0.3 is 5.97 Å². The molecule has 2 aromatic heterocycles. The van der Waals surface area contributed by atoms with Gasteiger partial charge in [-0.3, -0.25) is 4.79 Å². The third-order valence-corrected chi connectivity index (χ3v) is 4.75. The van der Waals surface area contributed by atoms with Crippen molar-refractivity contribution in [1.29, 1.82) is 0 Å². The van der Waals surface area contributed by atoms with E-state index in [1.807, 2.05) is 24.3 Å². The number of hydrogen-bond donors (Lipinski definition) is 1. The van der Waals surface area contributed by atoms with Crippen LogP contribution in [0.15, 0.2) is 47.1 Å². The van der Waals surface area contributed by atoms with Crippen molar-refractivity contribution in [1.82, 2.24) is 5.32 Å². The van der Waals surface area contributed by atoms with Crippen LogP contribution in [0, 0.1) is 0 Å². The third-order valence-electron chi connectivity index (χ3n) is 3.09. The molecule has 0 bridgehead atoms. The molecule has 1 amide bonds. The first-order valence-corrected chi connectivity index (χ1v) is 7.98. The summed E-state index contributed by atoms with van der Waals surface area (Å²) in [5.74, 6) is -0.395. The summed E-state index contributed by atoms with van der Waals surface area (Å²) in [6.45, 7) is -0.128. The quantitative estimate of drug-likeness (QED) is 0.714. The summed E-state index contributed by atoms with van der Waals surface area (Å²) in [4.78, 5) is 24.0. The summed E-state index contributed by atoms with van der Waals surface area (Å²) < 4.78 is 11.0. The standard InChI is InChI=1S/C16H12ClNO4S/c17-14-11-5-1-2-6-12(11)23-15(14)16(20)22-9-13(19)18-8-10-4-3-7-21-10/h1-7H,8-9H2,(H,18,19). The van der Waals surface area contributed by atoms with Gasteiger partial charge in [-0.2, -0.15) is 0 Å². The second-order valence-corrected chi connectivity index (χ2v) is 6.10. The molecular formula is C16H12ClNO4S. The van der Waals surface area contributed by atoms with Gasteiger partial charge in [0, 0.05) is 10.1 Å². The van der Waals surface area contributed by atoms with E-state index in [1.165, 1.54) is 17.6 Å². The Bertz CT molecular complexity index is 841. The lowest BCUT2D eigenvalue weighted by molar-refractivity contribution is -0.124. The van der Waals surface area contributed by atoms with Gasteiger partial charge in [0.25, 0.3) is 5.91 Å². The lowest BCUT2D eigenvalue weighted by Crippen LogP contribution is -2.28. The molecule has 0 aliphatic heterocycles. The van der Waals surface area contributed by atoms with Gasteiger partial charge in [0.15, 0.2) is 6.61 Å². The second kappa shape index (κ2) is 6.85. The molecule has 0 saturated heterocycles. The molecule has 0 spiro atoms. The van der Waals surface area contributed by atoms with Crippen LogP contribution in [0.2, 0.25) is 5.02 Å². The molecule has 0 aliphatic carbocycles. The second-order valence-electron chi connectivity index (χ2n) is 4.67. The Hall–Kier alpha value is -2.31. The molecule has 118 valence electrons. The van der Waals surface area contributed by atoms with Crippen molar-refractivity contribution in [2.45, 2.75) is 6.54 Å².